The molecule has 0 spiro atoms. The van der Waals surface area contributed by atoms with Crippen LogP contribution in [0.1, 0.15) is 31.9 Å². The van der Waals surface area contributed by atoms with Crippen LogP contribution >= 0.6 is 0 Å². The Kier molecular flexibility index (Phi) is 3.82. The number of nitrogens with zero attached hydrogens (tertiary/aromatic N) is 3. The van der Waals surface area contributed by atoms with E-state index in [9.17, 15) is 18.0 Å². The van der Waals surface area contributed by atoms with Crippen LogP contribution < -0.4 is 0 Å². The van der Waals surface area contributed by atoms with Gasteiger partial charge in [0.15, 0.2) is 5.69 Å². The molecular formula is C12H16F3N3O. The molecule has 1 unspecified atom stereocenters. The van der Waals surface area contributed by atoms with E-state index in [1.807, 2.05) is 6.92 Å². The van der Waals surface area contributed by atoms with E-state index in [1.54, 1.807) is 4.90 Å². The fourth-order valence-electron chi connectivity index (χ4n) is 2.30. The van der Waals surface area contributed by atoms with Crippen molar-refractivity contribution in [3.63, 3.8) is 0 Å². The lowest BCUT2D eigenvalue weighted by Crippen LogP contribution is -2.43. The summed E-state index contributed by atoms with van der Waals surface area (Å²) in [5.74, 6) is -0.177. The van der Waals surface area contributed by atoms with Gasteiger partial charge in [-0.25, -0.2) is 0 Å². The number of halogens is 3. The SMILES string of the molecule is CC1CCCCN1C(=O)Cn1ccc(C(F)(F)F)n1. The molecule has 1 aromatic heterocycles. The van der Waals surface area contributed by atoms with E-state index in [0.717, 1.165) is 30.0 Å². The third kappa shape index (κ3) is 3.27. The highest BCUT2D eigenvalue weighted by molar-refractivity contribution is 5.76. The molecule has 7 heteroatoms. The Balaban J connectivity index is 2.00. The summed E-state index contributed by atoms with van der Waals surface area (Å²) in [6.45, 7) is 2.50. The van der Waals surface area contributed by atoms with Crippen LogP contribution in [0, 0.1) is 0 Å². The second-order valence-electron chi connectivity index (χ2n) is 4.83. The lowest BCUT2D eigenvalue weighted by Gasteiger charge is -2.33. The number of likely N-dealkylation sites (tertiary alicyclic amines) is 1. The Labute approximate surface area is 109 Å². The van der Waals surface area contributed by atoms with Gasteiger partial charge in [0.2, 0.25) is 5.91 Å². The maximum absolute atomic E-state index is 12.4. The van der Waals surface area contributed by atoms with Gasteiger partial charge in [0.1, 0.15) is 6.54 Å². The summed E-state index contributed by atoms with van der Waals surface area (Å²) in [6, 6.07) is 1.03. The lowest BCUT2D eigenvalue weighted by molar-refractivity contribution is -0.142. The fourth-order valence-corrected chi connectivity index (χ4v) is 2.30. The summed E-state index contributed by atoms with van der Waals surface area (Å²) in [5.41, 5.74) is -0.966. The number of carbonyl (C=O) groups is 1. The monoisotopic (exact) mass is 275 g/mol. The van der Waals surface area contributed by atoms with Gasteiger partial charge in [-0.1, -0.05) is 0 Å². The molecule has 2 heterocycles. The van der Waals surface area contributed by atoms with E-state index in [1.165, 1.54) is 6.20 Å². The number of rotatable bonds is 2. The molecule has 0 bridgehead atoms. The maximum Gasteiger partial charge on any atom is 0.435 e. The van der Waals surface area contributed by atoms with Gasteiger partial charge in [-0.2, -0.15) is 18.3 Å². The van der Waals surface area contributed by atoms with Crippen LogP contribution in [0.3, 0.4) is 0 Å². The van der Waals surface area contributed by atoms with Gasteiger partial charge in [-0.15, -0.1) is 0 Å². The number of aromatic nitrogens is 2. The molecule has 1 aromatic rings. The van der Waals surface area contributed by atoms with E-state index in [-0.39, 0.29) is 18.5 Å². The number of piperidine rings is 1. The predicted molar refractivity (Wildman–Crippen MR) is 62.3 cm³/mol. The molecule has 1 fully saturated rings. The first-order valence-electron chi connectivity index (χ1n) is 6.28. The van der Waals surface area contributed by atoms with Gasteiger partial charge in [0.25, 0.3) is 0 Å². The third-order valence-corrected chi connectivity index (χ3v) is 3.35. The number of alkyl halides is 3. The molecule has 1 aliphatic rings. The minimum absolute atomic E-state index is 0.138. The van der Waals surface area contributed by atoms with E-state index in [0.29, 0.717) is 6.54 Å². The summed E-state index contributed by atoms with van der Waals surface area (Å²) in [4.78, 5) is 13.7. The van der Waals surface area contributed by atoms with Crippen LogP contribution in [0.2, 0.25) is 0 Å². The summed E-state index contributed by atoms with van der Waals surface area (Å²) in [5, 5.41) is 3.39. The second kappa shape index (κ2) is 5.22. The zero-order valence-electron chi connectivity index (χ0n) is 10.7. The number of hydrogen-bond donors (Lipinski definition) is 0. The Morgan fingerprint density at radius 2 is 2.21 bits per heavy atom. The molecule has 19 heavy (non-hydrogen) atoms. The fraction of sp³-hybridized carbons (Fsp3) is 0.667. The molecule has 1 saturated heterocycles. The molecule has 4 nitrogen and oxygen atoms in total. The highest BCUT2D eigenvalue weighted by atomic mass is 19.4. The number of carbonyl (C=O) groups excluding carboxylic acids is 1. The molecule has 0 aromatic carbocycles. The Bertz CT molecular complexity index is 455. The first-order chi connectivity index (χ1) is 8.88. The van der Waals surface area contributed by atoms with E-state index >= 15 is 0 Å². The van der Waals surface area contributed by atoms with Gasteiger partial charge >= 0.3 is 6.18 Å². The Morgan fingerprint density at radius 3 is 2.79 bits per heavy atom. The predicted octanol–water partition coefficient (Wildman–Crippen LogP) is 2.30. The van der Waals surface area contributed by atoms with Crippen LogP contribution in [0.15, 0.2) is 12.3 Å². The minimum Gasteiger partial charge on any atom is -0.338 e. The first-order valence-corrected chi connectivity index (χ1v) is 6.28. The summed E-state index contributed by atoms with van der Waals surface area (Å²) in [6.07, 6.45) is -0.297. The van der Waals surface area contributed by atoms with Crippen molar-refractivity contribution in [2.24, 2.45) is 0 Å². The van der Waals surface area contributed by atoms with Crippen molar-refractivity contribution in [3.05, 3.63) is 18.0 Å². The van der Waals surface area contributed by atoms with E-state index in [2.05, 4.69) is 5.10 Å². The van der Waals surface area contributed by atoms with Crippen molar-refractivity contribution in [3.8, 4) is 0 Å². The molecule has 1 atom stereocenters. The zero-order chi connectivity index (χ0) is 14.0. The summed E-state index contributed by atoms with van der Waals surface area (Å²) < 4.78 is 38.2. The molecule has 0 saturated carbocycles. The largest absolute Gasteiger partial charge is 0.435 e. The quantitative estimate of drug-likeness (QED) is 0.830. The van der Waals surface area contributed by atoms with Gasteiger partial charge in [0, 0.05) is 18.8 Å². The first kappa shape index (κ1) is 13.9. The average molecular weight is 275 g/mol. The van der Waals surface area contributed by atoms with E-state index in [4.69, 9.17) is 0 Å². The highest BCUT2D eigenvalue weighted by Gasteiger charge is 2.34. The Morgan fingerprint density at radius 1 is 1.47 bits per heavy atom. The Hall–Kier alpha value is -1.53. The second-order valence-corrected chi connectivity index (χ2v) is 4.83. The molecule has 2 rings (SSSR count). The molecule has 1 amide bonds. The lowest BCUT2D eigenvalue weighted by atomic mass is 10.0. The van der Waals surface area contributed by atoms with Crippen molar-refractivity contribution >= 4 is 5.91 Å². The smallest absolute Gasteiger partial charge is 0.338 e. The molecule has 1 aliphatic heterocycles. The van der Waals surface area contributed by atoms with Crippen LogP contribution in [-0.4, -0.2) is 33.2 Å². The average Bonchev–Trinajstić information content (AvgIpc) is 2.77. The molecule has 0 N–H and O–H groups in total. The number of amides is 1. The highest BCUT2D eigenvalue weighted by Crippen LogP contribution is 2.27. The third-order valence-electron chi connectivity index (χ3n) is 3.35. The summed E-state index contributed by atoms with van der Waals surface area (Å²) >= 11 is 0. The van der Waals surface area contributed by atoms with Crippen molar-refractivity contribution in [1.29, 1.82) is 0 Å². The molecular weight excluding hydrogens is 259 g/mol. The van der Waals surface area contributed by atoms with Crippen LogP contribution in [0.4, 0.5) is 13.2 Å². The topological polar surface area (TPSA) is 38.1 Å². The molecule has 0 aliphatic carbocycles. The molecule has 0 radical (unpaired) electrons. The zero-order valence-corrected chi connectivity index (χ0v) is 10.7. The molecule has 106 valence electrons. The van der Waals surface area contributed by atoms with E-state index < -0.39 is 11.9 Å². The van der Waals surface area contributed by atoms with Crippen molar-refractivity contribution in [1.82, 2.24) is 14.7 Å². The standard InChI is InChI=1S/C12H16F3N3O/c1-9-4-2-3-6-18(9)11(19)8-17-7-5-10(16-17)12(13,14)15/h5,7,9H,2-4,6,8H2,1H3. The van der Waals surface area contributed by atoms with Crippen molar-refractivity contribution in [2.45, 2.75) is 44.9 Å². The normalized spacial score (nSPS) is 20.6. The van der Waals surface area contributed by atoms with Gasteiger partial charge in [-0.05, 0) is 32.3 Å². The van der Waals surface area contributed by atoms with Crippen molar-refractivity contribution in [2.75, 3.05) is 6.54 Å². The summed E-state index contributed by atoms with van der Waals surface area (Å²) in [7, 11) is 0. The van der Waals surface area contributed by atoms with Gasteiger partial charge in [-0.3, -0.25) is 9.48 Å². The van der Waals surface area contributed by atoms with Gasteiger partial charge < -0.3 is 4.90 Å². The van der Waals surface area contributed by atoms with Crippen LogP contribution in [-0.2, 0) is 17.5 Å². The minimum atomic E-state index is -4.47. The van der Waals surface area contributed by atoms with Crippen LogP contribution in [0.5, 0.6) is 0 Å². The number of hydrogen-bond acceptors (Lipinski definition) is 2. The van der Waals surface area contributed by atoms with Crippen LogP contribution in [0.25, 0.3) is 0 Å². The van der Waals surface area contributed by atoms with Gasteiger partial charge in [0.05, 0.1) is 0 Å². The van der Waals surface area contributed by atoms with Crippen molar-refractivity contribution < 1.29 is 18.0 Å². The maximum atomic E-state index is 12.4.